The molecule has 0 unspecified atom stereocenters. The minimum absolute atomic E-state index is 0.708. The standard InChI is InChI=1S/C6H9Cl.C3H8/c1-3-4-5-6(2)7;1-3-2/h3H,1-2,4-5H2;3H2,1-2H3. The van der Waals surface area contributed by atoms with E-state index in [0.29, 0.717) is 5.03 Å². The number of halogens is 1. The van der Waals surface area contributed by atoms with E-state index in [9.17, 15) is 0 Å². The largest absolute Gasteiger partial charge is 0.103 e. The fourth-order valence-electron chi connectivity index (χ4n) is 0.259. The number of hydrogen-bond donors (Lipinski definition) is 0. The van der Waals surface area contributed by atoms with Gasteiger partial charge in [0.1, 0.15) is 0 Å². The van der Waals surface area contributed by atoms with Crippen LogP contribution in [0.25, 0.3) is 0 Å². The molecule has 0 N–H and O–H groups in total. The lowest BCUT2D eigenvalue weighted by Gasteiger charge is -1.86. The highest BCUT2D eigenvalue weighted by atomic mass is 35.5. The molecule has 0 aromatic heterocycles. The third kappa shape index (κ3) is 25.1. The highest BCUT2D eigenvalue weighted by Gasteiger charge is 1.81. The van der Waals surface area contributed by atoms with Crippen molar-refractivity contribution in [3.63, 3.8) is 0 Å². The molecule has 60 valence electrons. The van der Waals surface area contributed by atoms with Gasteiger partial charge in [-0.05, 0) is 12.8 Å². The van der Waals surface area contributed by atoms with Crippen LogP contribution in [0.3, 0.4) is 0 Å². The van der Waals surface area contributed by atoms with E-state index in [2.05, 4.69) is 27.0 Å². The fourth-order valence-corrected chi connectivity index (χ4v) is 0.368. The minimum atomic E-state index is 0.708. The van der Waals surface area contributed by atoms with Crippen LogP contribution >= 0.6 is 11.6 Å². The van der Waals surface area contributed by atoms with Crippen LogP contribution in [0.2, 0.25) is 0 Å². The maximum Gasteiger partial charge on any atom is 0.0112 e. The first-order chi connectivity index (χ1) is 4.68. The first-order valence-electron chi connectivity index (χ1n) is 3.63. The molecule has 0 aromatic carbocycles. The monoisotopic (exact) mass is 160 g/mol. The lowest BCUT2D eigenvalue weighted by atomic mass is 10.3. The van der Waals surface area contributed by atoms with Crippen molar-refractivity contribution < 1.29 is 0 Å². The van der Waals surface area contributed by atoms with Gasteiger partial charge in [-0.2, -0.15) is 0 Å². The summed E-state index contributed by atoms with van der Waals surface area (Å²) in [5, 5.41) is 0.708. The molecule has 0 spiro atoms. The summed E-state index contributed by atoms with van der Waals surface area (Å²) in [6.45, 7) is 11.3. The van der Waals surface area contributed by atoms with Crippen LogP contribution in [0.15, 0.2) is 24.3 Å². The molecule has 0 nitrogen and oxygen atoms in total. The van der Waals surface area contributed by atoms with Crippen LogP contribution in [0.1, 0.15) is 33.1 Å². The van der Waals surface area contributed by atoms with Gasteiger partial charge in [-0.25, -0.2) is 0 Å². The molecule has 0 aliphatic heterocycles. The average Bonchev–Trinajstić information content (AvgIpc) is 1.85. The first-order valence-corrected chi connectivity index (χ1v) is 4.00. The molecule has 0 fully saturated rings. The Morgan fingerprint density at radius 2 is 1.90 bits per heavy atom. The van der Waals surface area contributed by atoms with E-state index in [0.717, 1.165) is 12.8 Å². The molecular formula is C9H17Cl. The Labute approximate surface area is 69.6 Å². The SMILES string of the molecule is C=CCCC(=C)Cl.CCC. The van der Waals surface area contributed by atoms with Crippen molar-refractivity contribution >= 4 is 11.6 Å². The van der Waals surface area contributed by atoms with Crippen LogP contribution < -0.4 is 0 Å². The Bertz CT molecular complexity index is 84.7. The second-order valence-corrected chi connectivity index (χ2v) is 2.59. The van der Waals surface area contributed by atoms with Crippen LogP contribution in [0.4, 0.5) is 0 Å². The third-order valence-electron chi connectivity index (χ3n) is 0.620. The van der Waals surface area contributed by atoms with Crippen LogP contribution in [-0.2, 0) is 0 Å². The quantitative estimate of drug-likeness (QED) is 0.545. The molecule has 1 heteroatoms. The summed E-state index contributed by atoms with van der Waals surface area (Å²) in [4.78, 5) is 0. The Balaban J connectivity index is 0. The molecule has 0 rings (SSSR count). The summed E-state index contributed by atoms with van der Waals surface area (Å²) < 4.78 is 0. The van der Waals surface area contributed by atoms with Crippen molar-refractivity contribution in [3.05, 3.63) is 24.3 Å². The van der Waals surface area contributed by atoms with Crippen molar-refractivity contribution in [2.75, 3.05) is 0 Å². The van der Waals surface area contributed by atoms with E-state index < -0.39 is 0 Å². The number of rotatable bonds is 3. The summed E-state index contributed by atoms with van der Waals surface area (Å²) in [7, 11) is 0. The highest BCUT2D eigenvalue weighted by molar-refractivity contribution is 6.29. The van der Waals surface area contributed by atoms with E-state index in [1.165, 1.54) is 6.42 Å². The molecule has 0 heterocycles. The Morgan fingerprint density at radius 1 is 1.50 bits per heavy atom. The van der Waals surface area contributed by atoms with E-state index in [-0.39, 0.29) is 0 Å². The molecular weight excluding hydrogens is 144 g/mol. The third-order valence-corrected chi connectivity index (χ3v) is 0.809. The lowest BCUT2D eigenvalue weighted by Crippen LogP contribution is -1.65. The maximum atomic E-state index is 5.41. The molecule has 0 atom stereocenters. The summed E-state index contributed by atoms with van der Waals surface area (Å²) in [5.74, 6) is 0. The van der Waals surface area contributed by atoms with Crippen molar-refractivity contribution in [1.29, 1.82) is 0 Å². The van der Waals surface area contributed by atoms with Gasteiger partial charge in [-0.15, -0.1) is 6.58 Å². The van der Waals surface area contributed by atoms with Gasteiger partial charge in [0.15, 0.2) is 0 Å². The van der Waals surface area contributed by atoms with Crippen molar-refractivity contribution in [1.82, 2.24) is 0 Å². The second kappa shape index (κ2) is 11.6. The predicted molar refractivity (Wildman–Crippen MR) is 50.4 cm³/mol. The van der Waals surface area contributed by atoms with E-state index in [1.54, 1.807) is 0 Å². The van der Waals surface area contributed by atoms with Crippen molar-refractivity contribution in [3.8, 4) is 0 Å². The smallest absolute Gasteiger partial charge is 0.0112 e. The van der Waals surface area contributed by atoms with Crippen LogP contribution in [0, 0.1) is 0 Å². The zero-order valence-electron chi connectivity index (χ0n) is 6.99. The maximum absolute atomic E-state index is 5.41. The molecule has 0 radical (unpaired) electrons. The summed E-state index contributed by atoms with van der Waals surface area (Å²) in [6, 6.07) is 0. The van der Waals surface area contributed by atoms with Crippen LogP contribution in [0.5, 0.6) is 0 Å². The summed E-state index contributed by atoms with van der Waals surface area (Å²) in [5.41, 5.74) is 0. The predicted octanol–water partition coefficient (Wildman–Crippen LogP) is 4.12. The van der Waals surface area contributed by atoms with Gasteiger partial charge in [0.05, 0.1) is 0 Å². The Kier molecular flexibility index (Phi) is 14.4. The molecule has 0 aliphatic carbocycles. The molecule has 0 aliphatic rings. The molecule has 10 heavy (non-hydrogen) atoms. The number of allylic oxidation sites excluding steroid dienone is 2. The molecule has 0 aromatic rings. The molecule has 0 saturated heterocycles. The van der Waals surface area contributed by atoms with Gasteiger partial charge in [-0.1, -0.05) is 44.5 Å². The van der Waals surface area contributed by atoms with Crippen molar-refractivity contribution in [2.24, 2.45) is 0 Å². The summed E-state index contributed by atoms with van der Waals surface area (Å²) >= 11 is 5.41. The fraction of sp³-hybridized carbons (Fsp3) is 0.556. The molecule has 0 saturated carbocycles. The van der Waals surface area contributed by atoms with Gasteiger partial charge in [-0.3, -0.25) is 0 Å². The van der Waals surface area contributed by atoms with Gasteiger partial charge >= 0.3 is 0 Å². The van der Waals surface area contributed by atoms with E-state index >= 15 is 0 Å². The zero-order chi connectivity index (χ0) is 8.41. The van der Waals surface area contributed by atoms with Crippen LogP contribution in [-0.4, -0.2) is 0 Å². The van der Waals surface area contributed by atoms with Gasteiger partial charge in [0.25, 0.3) is 0 Å². The topological polar surface area (TPSA) is 0 Å². The minimum Gasteiger partial charge on any atom is -0.103 e. The number of hydrogen-bond acceptors (Lipinski definition) is 0. The molecule has 0 bridgehead atoms. The Hall–Kier alpha value is -0.230. The Morgan fingerprint density at radius 3 is 2.00 bits per heavy atom. The average molecular weight is 161 g/mol. The lowest BCUT2D eigenvalue weighted by molar-refractivity contribution is 1.04. The normalized spacial score (nSPS) is 7.50. The highest BCUT2D eigenvalue weighted by Crippen LogP contribution is 2.05. The van der Waals surface area contributed by atoms with Crippen molar-refractivity contribution in [2.45, 2.75) is 33.1 Å². The first kappa shape index (κ1) is 12.4. The second-order valence-electron chi connectivity index (χ2n) is 2.05. The van der Waals surface area contributed by atoms with E-state index in [1.807, 2.05) is 6.08 Å². The molecule has 0 amide bonds. The van der Waals surface area contributed by atoms with Gasteiger partial charge in [0, 0.05) is 5.03 Å². The van der Waals surface area contributed by atoms with Gasteiger partial charge in [0.2, 0.25) is 0 Å². The van der Waals surface area contributed by atoms with E-state index in [4.69, 9.17) is 11.6 Å². The zero-order valence-corrected chi connectivity index (χ0v) is 7.75. The summed E-state index contributed by atoms with van der Waals surface area (Å²) in [6.07, 6.45) is 4.86. The van der Waals surface area contributed by atoms with Gasteiger partial charge < -0.3 is 0 Å².